The molecule has 0 bridgehead atoms. The Morgan fingerprint density at radius 1 is 1.24 bits per heavy atom. The van der Waals surface area contributed by atoms with E-state index in [4.69, 9.17) is 19.3 Å². The van der Waals surface area contributed by atoms with Gasteiger partial charge in [-0.3, -0.25) is 0 Å². The fourth-order valence-corrected chi connectivity index (χ4v) is 3.82. The summed E-state index contributed by atoms with van der Waals surface area (Å²) < 4.78 is 18.8. The van der Waals surface area contributed by atoms with Crippen LogP contribution >= 0.6 is 0 Å². The Hall–Kier alpha value is -1.20. The van der Waals surface area contributed by atoms with Crippen molar-refractivity contribution in [3.63, 3.8) is 0 Å². The zero-order valence-electron chi connectivity index (χ0n) is 15.0. The second-order valence-electron chi connectivity index (χ2n) is 7.15. The van der Waals surface area contributed by atoms with Crippen LogP contribution in [-0.2, 0) is 20.8 Å². The average Bonchev–Trinajstić information content (AvgIpc) is 2.63. The predicted octanol–water partition coefficient (Wildman–Crippen LogP) is 3.98. The highest BCUT2D eigenvalue weighted by molar-refractivity contribution is 5.13. The van der Waals surface area contributed by atoms with E-state index >= 15 is 0 Å². The summed E-state index contributed by atoms with van der Waals surface area (Å²) in [4.78, 5) is 0. The SMILES string of the molecule is C=C(CCO)C[C@H]1CC[C@H](OCc2ccccc2)[C@]2(CCCCO2)O1. The first-order valence-corrected chi connectivity index (χ1v) is 9.47. The van der Waals surface area contributed by atoms with Crippen LogP contribution in [0.1, 0.15) is 50.5 Å². The normalized spacial score (nSPS) is 29.6. The molecular formula is C21H30O4. The third-order valence-electron chi connectivity index (χ3n) is 5.15. The molecule has 2 saturated heterocycles. The number of rotatable bonds is 7. The van der Waals surface area contributed by atoms with E-state index in [0.717, 1.165) is 50.7 Å². The molecule has 4 heteroatoms. The molecule has 2 fully saturated rings. The van der Waals surface area contributed by atoms with Gasteiger partial charge in [-0.05, 0) is 44.1 Å². The van der Waals surface area contributed by atoms with Crippen molar-refractivity contribution in [2.45, 2.75) is 69.5 Å². The molecule has 138 valence electrons. The average molecular weight is 346 g/mol. The van der Waals surface area contributed by atoms with Crippen molar-refractivity contribution in [1.82, 2.24) is 0 Å². The van der Waals surface area contributed by atoms with Crippen molar-refractivity contribution in [2.75, 3.05) is 13.2 Å². The fraction of sp³-hybridized carbons (Fsp3) is 0.619. The molecule has 2 aliphatic rings. The minimum atomic E-state index is -0.616. The molecule has 0 aromatic heterocycles. The molecule has 0 unspecified atom stereocenters. The lowest BCUT2D eigenvalue weighted by molar-refractivity contribution is -0.342. The summed E-state index contributed by atoms with van der Waals surface area (Å²) in [6.07, 6.45) is 6.45. The summed E-state index contributed by atoms with van der Waals surface area (Å²) in [6.45, 7) is 5.52. The van der Waals surface area contributed by atoms with Crippen LogP contribution in [0.4, 0.5) is 0 Å². The van der Waals surface area contributed by atoms with E-state index in [-0.39, 0.29) is 18.8 Å². The van der Waals surface area contributed by atoms with Crippen LogP contribution in [0.5, 0.6) is 0 Å². The van der Waals surface area contributed by atoms with Crippen LogP contribution in [0, 0.1) is 0 Å². The predicted molar refractivity (Wildman–Crippen MR) is 97.1 cm³/mol. The Morgan fingerprint density at radius 2 is 2.08 bits per heavy atom. The van der Waals surface area contributed by atoms with Gasteiger partial charge in [0.25, 0.3) is 0 Å². The summed E-state index contributed by atoms with van der Waals surface area (Å²) in [7, 11) is 0. The van der Waals surface area contributed by atoms with Gasteiger partial charge in [0.2, 0.25) is 0 Å². The first kappa shape index (κ1) is 18.6. The summed E-state index contributed by atoms with van der Waals surface area (Å²) >= 11 is 0. The molecule has 0 aliphatic carbocycles. The third kappa shape index (κ3) is 4.91. The Kier molecular flexibility index (Phi) is 6.65. The second-order valence-corrected chi connectivity index (χ2v) is 7.15. The highest BCUT2D eigenvalue weighted by Gasteiger charge is 2.48. The number of hydrogen-bond donors (Lipinski definition) is 1. The Balaban J connectivity index is 1.63. The lowest BCUT2D eigenvalue weighted by Crippen LogP contribution is -2.55. The van der Waals surface area contributed by atoms with Gasteiger partial charge in [-0.15, -0.1) is 0 Å². The molecule has 1 N–H and O–H groups in total. The van der Waals surface area contributed by atoms with E-state index in [1.165, 1.54) is 5.56 Å². The number of aliphatic hydroxyl groups excluding tert-OH is 1. The highest BCUT2D eigenvalue weighted by atomic mass is 16.7. The highest BCUT2D eigenvalue weighted by Crippen LogP contribution is 2.40. The summed E-state index contributed by atoms with van der Waals surface area (Å²) in [5.74, 6) is -0.616. The first-order valence-electron chi connectivity index (χ1n) is 9.47. The molecule has 0 amide bonds. The molecule has 2 aliphatic heterocycles. The molecular weight excluding hydrogens is 316 g/mol. The van der Waals surface area contributed by atoms with E-state index in [1.807, 2.05) is 18.2 Å². The Morgan fingerprint density at radius 3 is 2.80 bits per heavy atom. The zero-order chi connectivity index (χ0) is 17.5. The topological polar surface area (TPSA) is 47.9 Å². The molecule has 4 nitrogen and oxygen atoms in total. The Labute approximate surface area is 150 Å². The van der Waals surface area contributed by atoms with Crippen molar-refractivity contribution >= 4 is 0 Å². The van der Waals surface area contributed by atoms with Gasteiger partial charge in [-0.25, -0.2) is 0 Å². The van der Waals surface area contributed by atoms with Crippen molar-refractivity contribution in [3.8, 4) is 0 Å². The maximum atomic E-state index is 9.08. The summed E-state index contributed by atoms with van der Waals surface area (Å²) in [5.41, 5.74) is 2.22. The fourth-order valence-electron chi connectivity index (χ4n) is 3.82. The lowest BCUT2D eigenvalue weighted by Gasteiger charge is -2.48. The van der Waals surface area contributed by atoms with Crippen LogP contribution < -0.4 is 0 Å². The molecule has 3 atom stereocenters. The van der Waals surface area contributed by atoms with E-state index in [9.17, 15) is 0 Å². The van der Waals surface area contributed by atoms with Gasteiger partial charge in [-0.1, -0.05) is 42.5 Å². The van der Waals surface area contributed by atoms with E-state index in [1.54, 1.807) is 0 Å². The maximum absolute atomic E-state index is 9.08. The van der Waals surface area contributed by atoms with Gasteiger partial charge in [0, 0.05) is 13.0 Å². The van der Waals surface area contributed by atoms with Gasteiger partial charge < -0.3 is 19.3 Å². The van der Waals surface area contributed by atoms with Gasteiger partial charge in [-0.2, -0.15) is 0 Å². The maximum Gasteiger partial charge on any atom is 0.194 e. The van der Waals surface area contributed by atoms with Crippen molar-refractivity contribution < 1.29 is 19.3 Å². The van der Waals surface area contributed by atoms with Crippen LogP contribution in [0.3, 0.4) is 0 Å². The van der Waals surface area contributed by atoms with E-state index in [2.05, 4.69) is 18.7 Å². The summed E-state index contributed by atoms with van der Waals surface area (Å²) in [5, 5.41) is 9.08. The standard InChI is InChI=1S/C21H30O4/c1-17(11-13-22)15-19-9-10-20(21(25-19)12-5-6-14-24-21)23-16-18-7-3-2-4-8-18/h2-4,7-8,19-20,22H,1,5-6,9-16H2/t19-,20+,21+/m1/s1. The molecule has 3 rings (SSSR count). The largest absolute Gasteiger partial charge is 0.396 e. The van der Waals surface area contributed by atoms with Gasteiger partial charge in [0.1, 0.15) is 6.10 Å². The minimum absolute atomic E-state index is 0.0321. The number of ether oxygens (including phenoxy) is 3. The molecule has 0 radical (unpaired) electrons. The number of aliphatic hydroxyl groups is 1. The molecule has 25 heavy (non-hydrogen) atoms. The van der Waals surface area contributed by atoms with E-state index in [0.29, 0.717) is 13.0 Å². The van der Waals surface area contributed by atoms with Gasteiger partial charge >= 0.3 is 0 Å². The molecule has 1 aromatic rings. The molecule has 1 spiro atoms. The third-order valence-corrected chi connectivity index (χ3v) is 5.15. The first-order chi connectivity index (χ1) is 12.2. The summed E-state index contributed by atoms with van der Waals surface area (Å²) in [6, 6.07) is 10.2. The Bertz CT molecular complexity index is 536. The van der Waals surface area contributed by atoms with Crippen LogP contribution in [0.25, 0.3) is 0 Å². The smallest absolute Gasteiger partial charge is 0.194 e. The van der Waals surface area contributed by atoms with Gasteiger partial charge in [0.15, 0.2) is 5.79 Å². The van der Waals surface area contributed by atoms with Crippen molar-refractivity contribution in [1.29, 1.82) is 0 Å². The van der Waals surface area contributed by atoms with Crippen LogP contribution in [0.2, 0.25) is 0 Å². The molecule has 0 saturated carbocycles. The zero-order valence-corrected chi connectivity index (χ0v) is 15.0. The molecule has 1 aromatic carbocycles. The quantitative estimate of drug-likeness (QED) is 0.759. The van der Waals surface area contributed by atoms with Crippen molar-refractivity contribution in [2.24, 2.45) is 0 Å². The second kappa shape index (κ2) is 8.95. The van der Waals surface area contributed by atoms with Gasteiger partial charge in [0.05, 0.1) is 19.3 Å². The van der Waals surface area contributed by atoms with Crippen LogP contribution in [0.15, 0.2) is 42.5 Å². The number of benzene rings is 1. The minimum Gasteiger partial charge on any atom is -0.396 e. The lowest BCUT2D eigenvalue weighted by atomic mass is 9.89. The number of hydrogen-bond acceptors (Lipinski definition) is 4. The molecule has 2 heterocycles. The van der Waals surface area contributed by atoms with E-state index < -0.39 is 5.79 Å². The monoisotopic (exact) mass is 346 g/mol. The van der Waals surface area contributed by atoms with Crippen molar-refractivity contribution in [3.05, 3.63) is 48.0 Å². The van der Waals surface area contributed by atoms with Crippen LogP contribution in [-0.4, -0.2) is 36.3 Å².